The number of aromatic nitrogens is 2. The predicted molar refractivity (Wildman–Crippen MR) is 96.1 cm³/mol. The van der Waals surface area contributed by atoms with Crippen LogP contribution in [-0.4, -0.2) is 46.3 Å². The van der Waals surface area contributed by atoms with Gasteiger partial charge in [-0.15, -0.1) is 0 Å². The van der Waals surface area contributed by atoms with Crippen LogP contribution in [0.4, 0.5) is 0 Å². The molecule has 1 amide bonds. The molecule has 5 heteroatoms. The van der Waals surface area contributed by atoms with Crippen LogP contribution in [0.2, 0.25) is 0 Å². The summed E-state index contributed by atoms with van der Waals surface area (Å²) in [6.07, 6.45) is 10.1. The first-order valence-corrected chi connectivity index (χ1v) is 9.72. The molecule has 0 radical (unpaired) electrons. The molecule has 0 aliphatic carbocycles. The fourth-order valence-electron chi connectivity index (χ4n) is 4.10. The van der Waals surface area contributed by atoms with E-state index in [9.17, 15) is 4.79 Å². The first kappa shape index (κ1) is 17.5. The smallest absolute Gasteiger partial charge is 0.274 e. The molecule has 2 unspecified atom stereocenters. The van der Waals surface area contributed by atoms with E-state index in [1.54, 1.807) is 0 Å². The zero-order chi connectivity index (χ0) is 16.9. The van der Waals surface area contributed by atoms with Crippen LogP contribution < -0.4 is 5.32 Å². The van der Waals surface area contributed by atoms with Gasteiger partial charge in [0, 0.05) is 25.3 Å². The fraction of sp³-hybridized carbons (Fsp3) is 0.789. The maximum atomic E-state index is 13.1. The lowest BCUT2D eigenvalue weighted by molar-refractivity contribution is 0.0653. The summed E-state index contributed by atoms with van der Waals surface area (Å²) in [4.78, 5) is 15.2. The number of carbonyl (C=O) groups is 1. The van der Waals surface area contributed by atoms with Gasteiger partial charge in [-0.05, 0) is 50.6 Å². The summed E-state index contributed by atoms with van der Waals surface area (Å²) >= 11 is 0. The van der Waals surface area contributed by atoms with Crippen LogP contribution in [0, 0.1) is 5.92 Å². The summed E-state index contributed by atoms with van der Waals surface area (Å²) < 4.78 is 1.99. The van der Waals surface area contributed by atoms with Gasteiger partial charge < -0.3 is 10.2 Å². The first-order chi connectivity index (χ1) is 11.6. The molecule has 2 aliphatic heterocycles. The zero-order valence-corrected chi connectivity index (χ0v) is 15.2. The zero-order valence-electron chi connectivity index (χ0n) is 15.2. The Labute approximate surface area is 145 Å². The topological polar surface area (TPSA) is 50.2 Å². The minimum atomic E-state index is 0.130. The molecule has 0 aromatic carbocycles. The van der Waals surface area contributed by atoms with E-state index in [1.165, 1.54) is 19.3 Å². The van der Waals surface area contributed by atoms with E-state index in [4.69, 9.17) is 0 Å². The average Bonchev–Trinajstić information content (AvgIpc) is 2.97. The molecule has 1 N–H and O–H groups in total. The van der Waals surface area contributed by atoms with E-state index in [2.05, 4.69) is 29.2 Å². The van der Waals surface area contributed by atoms with Crippen molar-refractivity contribution in [1.82, 2.24) is 20.0 Å². The molecule has 5 nitrogen and oxygen atoms in total. The number of hydrogen-bond acceptors (Lipinski definition) is 3. The molecular weight excluding hydrogens is 300 g/mol. The van der Waals surface area contributed by atoms with Crippen molar-refractivity contribution in [1.29, 1.82) is 0 Å². The Morgan fingerprint density at radius 2 is 2.17 bits per heavy atom. The number of nitrogens with one attached hydrogen (secondary N) is 1. The van der Waals surface area contributed by atoms with Crippen LogP contribution >= 0.6 is 0 Å². The van der Waals surface area contributed by atoms with Crippen LogP contribution in [0.25, 0.3) is 0 Å². The van der Waals surface area contributed by atoms with Crippen LogP contribution in [-0.2, 0) is 0 Å². The lowest BCUT2D eigenvalue weighted by Gasteiger charge is -2.31. The van der Waals surface area contributed by atoms with Crippen molar-refractivity contribution < 1.29 is 4.79 Å². The second-order valence-electron chi connectivity index (χ2n) is 7.81. The number of likely N-dealkylation sites (tertiary alicyclic amines) is 1. The Morgan fingerprint density at radius 3 is 2.92 bits per heavy atom. The molecule has 24 heavy (non-hydrogen) atoms. The highest BCUT2D eigenvalue weighted by atomic mass is 16.2. The third-order valence-corrected chi connectivity index (χ3v) is 5.35. The number of piperidine rings is 1. The molecular formula is C19H32N4O. The van der Waals surface area contributed by atoms with Crippen LogP contribution in [0.3, 0.4) is 0 Å². The molecule has 134 valence electrons. The third kappa shape index (κ3) is 4.18. The Kier molecular flexibility index (Phi) is 5.93. The largest absolute Gasteiger partial charge is 0.334 e. The minimum absolute atomic E-state index is 0.130. The molecule has 2 aliphatic rings. The summed E-state index contributed by atoms with van der Waals surface area (Å²) in [5.41, 5.74) is 0.622. The highest BCUT2D eigenvalue weighted by Crippen LogP contribution is 2.24. The van der Waals surface area contributed by atoms with E-state index < -0.39 is 0 Å². The second kappa shape index (κ2) is 8.15. The molecule has 0 saturated carbocycles. The van der Waals surface area contributed by atoms with Crippen molar-refractivity contribution in [2.75, 3.05) is 19.6 Å². The van der Waals surface area contributed by atoms with Crippen molar-refractivity contribution in [3.8, 4) is 0 Å². The van der Waals surface area contributed by atoms with Gasteiger partial charge in [-0.3, -0.25) is 9.48 Å². The Hall–Kier alpha value is -1.36. The minimum Gasteiger partial charge on any atom is -0.334 e. The van der Waals surface area contributed by atoms with Crippen molar-refractivity contribution in [3.63, 3.8) is 0 Å². The van der Waals surface area contributed by atoms with Crippen molar-refractivity contribution in [2.45, 2.75) is 70.9 Å². The van der Waals surface area contributed by atoms with Crippen LogP contribution in [0.15, 0.2) is 12.3 Å². The van der Waals surface area contributed by atoms with E-state index in [0.29, 0.717) is 23.7 Å². The van der Waals surface area contributed by atoms with E-state index in [0.717, 1.165) is 45.3 Å². The number of amides is 1. The van der Waals surface area contributed by atoms with Gasteiger partial charge in [-0.25, -0.2) is 0 Å². The van der Waals surface area contributed by atoms with E-state index in [-0.39, 0.29) is 5.91 Å². The van der Waals surface area contributed by atoms with Crippen molar-refractivity contribution in [3.05, 3.63) is 18.0 Å². The van der Waals surface area contributed by atoms with Crippen molar-refractivity contribution >= 4 is 5.91 Å². The van der Waals surface area contributed by atoms with Gasteiger partial charge in [-0.1, -0.05) is 26.7 Å². The van der Waals surface area contributed by atoms with Crippen LogP contribution in [0.5, 0.6) is 0 Å². The second-order valence-corrected chi connectivity index (χ2v) is 7.81. The molecule has 2 atom stereocenters. The maximum Gasteiger partial charge on any atom is 0.274 e. The molecule has 0 bridgehead atoms. The van der Waals surface area contributed by atoms with E-state index >= 15 is 0 Å². The van der Waals surface area contributed by atoms with Gasteiger partial charge in [0.15, 0.2) is 0 Å². The van der Waals surface area contributed by atoms with Gasteiger partial charge in [0.05, 0.1) is 6.04 Å². The van der Waals surface area contributed by atoms with Gasteiger partial charge in [-0.2, -0.15) is 5.10 Å². The summed E-state index contributed by atoms with van der Waals surface area (Å²) in [7, 11) is 0. The summed E-state index contributed by atoms with van der Waals surface area (Å²) in [5.74, 6) is 0.749. The molecule has 2 saturated heterocycles. The quantitative estimate of drug-likeness (QED) is 0.921. The highest BCUT2D eigenvalue weighted by Gasteiger charge is 2.28. The van der Waals surface area contributed by atoms with Gasteiger partial charge in [0.1, 0.15) is 5.69 Å². The Morgan fingerprint density at radius 1 is 1.29 bits per heavy atom. The molecule has 3 rings (SSSR count). The van der Waals surface area contributed by atoms with Gasteiger partial charge in [0.2, 0.25) is 0 Å². The lowest BCUT2D eigenvalue weighted by Crippen LogP contribution is -2.41. The predicted octanol–water partition coefficient (Wildman–Crippen LogP) is 3.24. The molecule has 0 spiro atoms. The first-order valence-electron chi connectivity index (χ1n) is 9.72. The molecule has 1 aromatic heterocycles. The fourth-order valence-corrected chi connectivity index (χ4v) is 4.10. The Bertz CT molecular complexity index is 533. The lowest BCUT2D eigenvalue weighted by atomic mass is 9.98. The SMILES string of the molecule is CC(C)CC1CCCCCN1C(=O)c1ccn(C2CCCNC2)n1. The maximum absolute atomic E-state index is 13.1. The normalized spacial score (nSPS) is 25.7. The monoisotopic (exact) mass is 332 g/mol. The molecule has 3 heterocycles. The number of nitrogens with zero attached hydrogens (tertiary/aromatic N) is 3. The van der Waals surface area contributed by atoms with Gasteiger partial charge >= 0.3 is 0 Å². The van der Waals surface area contributed by atoms with E-state index in [1.807, 2.05) is 16.9 Å². The Balaban J connectivity index is 1.72. The number of rotatable bonds is 4. The summed E-state index contributed by atoms with van der Waals surface area (Å²) in [6, 6.07) is 2.67. The number of hydrogen-bond donors (Lipinski definition) is 1. The summed E-state index contributed by atoms with van der Waals surface area (Å²) in [5, 5.41) is 8.05. The van der Waals surface area contributed by atoms with Gasteiger partial charge in [0.25, 0.3) is 5.91 Å². The van der Waals surface area contributed by atoms with Crippen molar-refractivity contribution in [2.24, 2.45) is 5.92 Å². The highest BCUT2D eigenvalue weighted by molar-refractivity contribution is 5.92. The molecule has 2 fully saturated rings. The van der Waals surface area contributed by atoms with Crippen LogP contribution in [0.1, 0.15) is 75.3 Å². The number of carbonyl (C=O) groups excluding carboxylic acids is 1. The average molecular weight is 332 g/mol. The molecule has 1 aromatic rings. The summed E-state index contributed by atoms with van der Waals surface area (Å²) in [6.45, 7) is 7.42. The standard InChI is InChI=1S/C19H32N4O/c1-15(2)13-16-7-4-3-5-11-22(16)19(24)18-9-12-23(21-18)17-8-6-10-20-14-17/h9,12,15-17,20H,3-8,10-11,13-14H2,1-2H3. The third-order valence-electron chi connectivity index (χ3n) is 5.35.